The second kappa shape index (κ2) is 8.97. The molecule has 4 heteroatoms. The van der Waals surface area contributed by atoms with E-state index in [0.717, 1.165) is 38.5 Å². The van der Waals surface area contributed by atoms with Gasteiger partial charge in [-0.2, -0.15) is 0 Å². The molecule has 28 heavy (non-hydrogen) atoms. The van der Waals surface area contributed by atoms with Crippen molar-refractivity contribution in [1.29, 1.82) is 0 Å². The summed E-state index contributed by atoms with van der Waals surface area (Å²) in [6.45, 7) is 14.0. The molecular formula is C24H35N2O2+. The molecule has 0 radical (unpaired) electrons. The van der Waals surface area contributed by atoms with E-state index in [4.69, 9.17) is 4.74 Å². The fraction of sp³-hybridized carbons (Fsp3) is 0.500. The smallest absolute Gasteiger partial charge is 0.137 e. The molecule has 152 valence electrons. The van der Waals surface area contributed by atoms with Gasteiger partial charge in [-0.25, -0.2) is 0 Å². The molecule has 1 aliphatic heterocycles. The zero-order chi connectivity index (χ0) is 20.1. The van der Waals surface area contributed by atoms with Crippen LogP contribution >= 0.6 is 0 Å². The first kappa shape index (κ1) is 20.7. The molecule has 1 aliphatic rings. The Morgan fingerprint density at radius 3 is 2.18 bits per heavy atom. The molecule has 2 N–H and O–H groups in total. The minimum absolute atomic E-state index is 0.141. The molecular weight excluding hydrogens is 348 g/mol. The van der Waals surface area contributed by atoms with Crippen molar-refractivity contribution in [2.45, 2.75) is 39.2 Å². The lowest BCUT2D eigenvalue weighted by Crippen LogP contribution is -3.16. The van der Waals surface area contributed by atoms with Crippen LogP contribution in [-0.4, -0.2) is 50.5 Å². The molecule has 0 aliphatic carbocycles. The maximum absolute atomic E-state index is 10.4. The molecule has 2 aromatic rings. The summed E-state index contributed by atoms with van der Waals surface area (Å²) >= 11 is 0. The summed E-state index contributed by atoms with van der Waals surface area (Å²) in [6.07, 6.45) is -0.441. The molecule has 2 aromatic carbocycles. The van der Waals surface area contributed by atoms with Gasteiger partial charge in [-0.05, 0) is 42.2 Å². The fourth-order valence-electron chi connectivity index (χ4n) is 3.68. The molecule has 0 unspecified atom stereocenters. The van der Waals surface area contributed by atoms with Crippen molar-refractivity contribution in [3.63, 3.8) is 0 Å². The van der Waals surface area contributed by atoms with E-state index in [1.807, 2.05) is 12.1 Å². The molecule has 1 atom stereocenters. The maximum Gasteiger partial charge on any atom is 0.137 e. The Morgan fingerprint density at radius 2 is 1.61 bits per heavy atom. The molecule has 1 saturated heterocycles. The van der Waals surface area contributed by atoms with Crippen LogP contribution in [0.25, 0.3) is 0 Å². The van der Waals surface area contributed by atoms with Gasteiger partial charge in [0.05, 0.1) is 26.2 Å². The van der Waals surface area contributed by atoms with Crippen LogP contribution in [0.1, 0.15) is 31.9 Å². The predicted molar refractivity (Wildman–Crippen MR) is 116 cm³/mol. The number of aliphatic hydroxyl groups is 1. The van der Waals surface area contributed by atoms with Crippen molar-refractivity contribution < 1.29 is 14.7 Å². The molecule has 4 nitrogen and oxygen atoms in total. The predicted octanol–water partition coefficient (Wildman–Crippen LogP) is 2.44. The van der Waals surface area contributed by atoms with Crippen molar-refractivity contribution in [1.82, 2.24) is 0 Å². The summed E-state index contributed by atoms with van der Waals surface area (Å²) in [5, 5.41) is 10.4. The van der Waals surface area contributed by atoms with Gasteiger partial charge in [0, 0.05) is 5.69 Å². The number of aliphatic hydroxyl groups excluding tert-OH is 1. The Balaban J connectivity index is 1.41. The Morgan fingerprint density at radius 1 is 1.00 bits per heavy atom. The average molecular weight is 384 g/mol. The first-order chi connectivity index (χ1) is 13.3. The van der Waals surface area contributed by atoms with Gasteiger partial charge in [0.25, 0.3) is 0 Å². The van der Waals surface area contributed by atoms with Crippen LogP contribution in [0.4, 0.5) is 5.69 Å². The zero-order valence-corrected chi connectivity index (χ0v) is 17.7. The quantitative estimate of drug-likeness (QED) is 0.805. The summed E-state index contributed by atoms with van der Waals surface area (Å²) in [5.41, 5.74) is 4.02. The van der Waals surface area contributed by atoms with E-state index >= 15 is 0 Å². The number of nitrogens with one attached hydrogen (secondary N) is 1. The Kier molecular flexibility index (Phi) is 6.63. The van der Waals surface area contributed by atoms with Crippen LogP contribution in [0.2, 0.25) is 0 Å². The van der Waals surface area contributed by atoms with Crippen LogP contribution in [0.3, 0.4) is 0 Å². The first-order valence-corrected chi connectivity index (χ1v) is 10.4. The molecule has 0 amide bonds. The minimum Gasteiger partial charge on any atom is -0.491 e. The van der Waals surface area contributed by atoms with Crippen LogP contribution in [0, 0.1) is 6.92 Å². The number of quaternary nitrogens is 1. The Bertz CT molecular complexity index is 727. The fourth-order valence-corrected chi connectivity index (χ4v) is 3.68. The van der Waals surface area contributed by atoms with Crippen molar-refractivity contribution in [3.05, 3.63) is 59.7 Å². The van der Waals surface area contributed by atoms with Crippen LogP contribution in [0.15, 0.2) is 48.5 Å². The summed E-state index contributed by atoms with van der Waals surface area (Å²) in [5.74, 6) is 0.825. The van der Waals surface area contributed by atoms with E-state index in [0.29, 0.717) is 6.61 Å². The largest absolute Gasteiger partial charge is 0.491 e. The molecule has 0 spiro atoms. The van der Waals surface area contributed by atoms with Gasteiger partial charge in [0.2, 0.25) is 0 Å². The number of benzene rings is 2. The van der Waals surface area contributed by atoms with Crippen LogP contribution in [-0.2, 0) is 5.41 Å². The number of anilines is 1. The number of piperazine rings is 1. The monoisotopic (exact) mass is 383 g/mol. The minimum atomic E-state index is -0.441. The van der Waals surface area contributed by atoms with E-state index in [1.54, 1.807) is 0 Å². The number of hydrogen-bond donors (Lipinski definition) is 2. The second-order valence-electron chi connectivity index (χ2n) is 9.02. The molecule has 1 heterocycles. The van der Waals surface area contributed by atoms with Gasteiger partial charge in [-0.1, -0.05) is 50.6 Å². The second-order valence-corrected chi connectivity index (χ2v) is 9.02. The zero-order valence-electron chi connectivity index (χ0n) is 17.7. The van der Waals surface area contributed by atoms with Crippen molar-refractivity contribution >= 4 is 5.69 Å². The van der Waals surface area contributed by atoms with Gasteiger partial charge in [0.15, 0.2) is 0 Å². The summed E-state index contributed by atoms with van der Waals surface area (Å²) in [4.78, 5) is 3.88. The number of hydrogen-bond acceptors (Lipinski definition) is 3. The van der Waals surface area contributed by atoms with Gasteiger partial charge in [0.1, 0.15) is 25.0 Å². The van der Waals surface area contributed by atoms with E-state index in [9.17, 15) is 5.11 Å². The van der Waals surface area contributed by atoms with E-state index in [1.165, 1.54) is 21.7 Å². The maximum atomic E-state index is 10.4. The third kappa shape index (κ3) is 5.73. The Hall–Kier alpha value is -2.04. The standard InChI is InChI=1S/C24H34N2O2/c1-19-5-9-21(10-6-19)26-15-13-25(14-16-26)17-22(27)18-28-23-11-7-20(8-12-23)24(2,3)4/h5-12,22,27H,13-18H2,1-4H3/p+1/t22-/m0/s1. The van der Waals surface area contributed by atoms with Crippen LogP contribution < -0.4 is 14.5 Å². The van der Waals surface area contributed by atoms with Crippen molar-refractivity contribution in [2.24, 2.45) is 0 Å². The normalized spacial score (nSPS) is 16.8. The third-order valence-electron chi connectivity index (χ3n) is 5.56. The number of rotatable bonds is 6. The lowest BCUT2D eigenvalue weighted by atomic mass is 9.87. The van der Waals surface area contributed by atoms with Gasteiger partial charge >= 0.3 is 0 Å². The highest BCUT2D eigenvalue weighted by Crippen LogP contribution is 2.24. The van der Waals surface area contributed by atoms with Gasteiger partial charge < -0.3 is 19.6 Å². The highest BCUT2D eigenvalue weighted by Gasteiger charge is 2.23. The molecule has 1 fully saturated rings. The average Bonchev–Trinajstić information content (AvgIpc) is 2.67. The lowest BCUT2D eigenvalue weighted by Gasteiger charge is -2.34. The highest BCUT2D eigenvalue weighted by molar-refractivity contribution is 5.47. The molecule has 0 saturated carbocycles. The summed E-state index contributed by atoms with van der Waals surface area (Å²) in [6, 6.07) is 17.0. The lowest BCUT2D eigenvalue weighted by molar-refractivity contribution is -0.903. The molecule has 0 aromatic heterocycles. The van der Waals surface area contributed by atoms with Crippen LogP contribution in [0.5, 0.6) is 5.75 Å². The SMILES string of the molecule is Cc1ccc(N2CC[NH+](C[C@H](O)COc3ccc(C(C)(C)C)cc3)CC2)cc1. The van der Waals surface area contributed by atoms with E-state index < -0.39 is 6.10 Å². The number of ether oxygens (including phenoxy) is 1. The highest BCUT2D eigenvalue weighted by atomic mass is 16.5. The van der Waals surface area contributed by atoms with Crippen molar-refractivity contribution in [2.75, 3.05) is 44.2 Å². The topological polar surface area (TPSA) is 37.1 Å². The molecule has 0 bridgehead atoms. The number of nitrogens with zero attached hydrogens (tertiary/aromatic N) is 1. The van der Waals surface area contributed by atoms with Gasteiger partial charge in [-0.15, -0.1) is 0 Å². The van der Waals surface area contributed by atoms with Crippen molar-refractivity contribution in [3.8, 4) is 5.75 Å². The summed E-state index contributed by atoms with van der Waals surface area (Å²) < 4.78 is 5.80. The summed E-state index contributed by atoms with van der Waals surface area (Å²) in [7, 11) is 0. The van der Waals surface area contributed by atoms with Gasteiger partial charge in [-0.3, -0.25) is 0 Å². The third-order valence-corrected chi connectivity index (χ3v) is 5.56. The molecule has 3 rings (SSSR count). The Labute approximate surface area is 169 Å². The van der Waals surface area contributed by atoms with E-state index in [-0.39, 0.29) is 5.41 Å². The first-order valence-electron chi connectivity index (χ1n) is 10.4. The van der Waals surface area contributed by atoms with E-state index in [2.05, 4.69) is 69.0 Å². The number of aryl methyl sites for hydroxylation is 1.